The lowest BCUT2D eigenvalue weighted by Crippen LogP contribution is -2.45. The van der Waals surface area contributed by atoms with Crippen molar-refractivity contribution in [2.75, 3.05) is 19.6 Å². The van der Waals surface area contributed by atoms with E-state index in [1.807, 2.05) is 25.1 Å². The van der Waals surface area contributed by atoms with Gasteiger partial charge in [0.25, 0.3) is 5.91 Å². The van der Waals surface area contributed by atoms with Gasteiger partial charge in [-0.25, -0.2) is 0 Å². The molecule has 0 spiro atoms. The minimum Gasteiger partial charge on any atom is -0.451 e. The van der Waals surface area contributed by atoms with Gasteiger partial charge in [0.05, 0.1) is 0 Å². The van der Waals surface area contributed by atoms with Gasteiger partial charge in [0.1, 0.15) is 5.58 Å². The highest BCUT2D eigenvalue weighted by molar-refractivity contribution is 9.10. The first kappa shape index (κ1) is 17.5. The molecular weight excluding hydrogens is 368 g/mol. The second-order valence-electron chi connectivity index (χ2n) is 6.97. The normalized spacial score (nSPS) is 18.0. The van der Waals surface area contributed by atoms with Gasteiger partial charge in [0.2, 0.25) is 0 Å². The van der Waals surface area contributed by atoms with Crippen molar-refractivity contribution in [3.63, 3.8) is 0 Å². The summed E-state index contributed by atoms with van der Waals surface area (Å²) < 4.78 is 6.75. The van der Waals surface area contributed by atoms with Crippen LogP contribution in [0.2, 0.25) is 0 Å². The maximum atomic E-state index is 12.5. The number of nitrogens with zero attached hydrogens (tertiary/aromatic N) is 1. The molecule has 0 radical (unpaired) electrons. The number of piperidine rings is 1. The number of aryl methyl sites for hydroxylation is 1. The SMILES string of the molecule is Cc1c(C(=O)NCC(C)N2CCC(C)CC2)oc2ccc(Br)cc12. The van der Waals surface area contributed by atoms with E-state index in [0.29, 0.717) is 18.3 Å². The minimum absolute atomic E-state index is 0.128. The molecule has 1 atom stereocenters. The number of rotatable bonds is 4. The summed E-state index contributed by atoms with van der Waals surface area (Å²) in [6.07, 6.45) is 2.49. The molecule has 4 nitrogen and oxygen atoms in total. The number of halogens is 1. The molecule has 1 amide bonds. The van der Waals surface area contributed by atoms with Crippen molar-refractivity contribution < 1.29 is 9.21 Å². The van der Waals surface area contributed by atoms with E-state index in [0.717, 1.165) is 40.0 Å². The van der Waals surface area contributed by atoms with E-state index in [9.17, 15) is 4.79 Å². The summed E-state index contributed by atoms with van der Waals surface area (Å²) in [5.41, 5.74) is 1.64. The topological polar surface area (TPSA) is 45.5 Å². The fourth-order valence-corrected chi connectivity index (χ4v) is 3.69. The van der Waals surface area contributed by atoms with Crippen molar-refractivity contribution >= 4 is 32.8 Å². The number of carbonyl (C=O) groups is 1. The van der Waals surface area contributed by atoms with Gasteiger partial charge in [-0.3, -0.25) is 9.69 Å². The molecular formula is C19H25BrN2O2. The van der Waals surface area contributed by atoms with Crippen LogP contribution in [-0.2, 0) is 0 Å². The number of carbonyl (C=O) groups excluding carboxylic acids is 1. The smallest absolute Gasteiger partial charge is 0.287 e. The summed E-state index contributed by atoms with van der Waals surface area (Å²) in [6.45, 7) is 9.31. The largest absolute Gasteiger partial charge is 0.451 e. The zero-order chi connectivity index (χ0) is 17.3. The van der Waals surface area contributed by atoms with Crippen LogP contribution in [0, 0.1) is 12.8 Å². The Labute approximate surface area is 151 Å². The third kappa shape index (κ3) is 3.67. The molecule has 0 saturated carbocycles. The van der Waals surface area contributed by atoms with Gasteiger partial charge < -0.3 is 9.73 Å². The Bertz CT molecular complexity index is 732. The Morgan fingerprint density at radius 1 is 1.42 bits per heavy atom. The van der Waals surface area contributed by atoms with Crippen LogP contribution in [0.15, 0.2) is 27.1 Å². The maximum Gasteiger partial charge on any atom is 0.287 e. The standard InChI is InChI=1S/C19H25BrN2O2/c1-12-6-8-22(9-7-12)13(2)11-21-19(23)18-14(3)16-10-15(20)4-5-17(16)24-18/h4-5,10,12-13H,6-9,11H2,1-3H3,(H,21,23). The Hall–Kier alpha value is -1.33. The Kier molecular flexibility index (Phi) is 5.30. The minimum atomic E-state index is -0.128. The summed E-state index contributed by atoms with van der Waals surface area (Å²) in [6, 6.07) is 6.15. The van der Waals surface area contributed by atoms with Crippen LogP contribution in [0.1, 0.15) is 42.8 Å². The molecule has 0 bridgehead atoms. The predicted molar refractivity (Wildman–Crippen MR) is 100 cm³/mol. The van der Waals surface area contributed by atoms with Gasteiger partial charge in [0, 0.05) is 28.0 Å². The summed E-state index contributed by atoms with van der Waals surface area (Å²) in [7, 11) is 0. The molecule has 1 aliphatic rings. The van der Waals surface area contributed by atoms with E-state index in [4.69, 9.17) is 4.42 Å². The number of furan rings is 1. The molecule has 5 heteroatoms. The quantitative estimate of drug-likeness (QED) is 0.840. The van der Waals surface area contributed by atoms with Crippen molar-refractivity contribution in [3.8, 4) is 0 Å². The van der Waals surface area contributed by atoms with Crippen LogP contribution in [0.5, 0.6) is 0 Å². The summed E-state index contributed by atoms with van der Waals surface area (Å²) in [5, 5.41) is 4.02. The van der Waals surface area contributed by atoms with Crippen LogP contribution in [-0.4, -0.2) is 36.5 Å². The molecule has 1 N–H and O–H groups in total. The fraction of sp³-hybridized carbons (Fsp3) is 0.526. The monoisotopic (exact) mass is 392 g/mol. The molecule has 1 fully saturated rings. The molecule has 1 unspecified atom stereocenters. The van der Waals surface area contributed by atoms with Gasteiger partial charge in [-0.1, -0.05) is 22.9 Å². The highest BCUT2D eigenvalue weighted by atomic mass is 79.9. The van der Waals surface area contributed by atoms with Gasteiger partial charge >= 0.3 is 0 Å². The van der Waals surface area contributed by atoms with Crippen molar-refractivity contribution in [3.05, 3.63) is 34.0 Å². The lowest BCUT2D eigenvalue weighted by atomic mass is 9.98. The van der Waals surface area contributed by atoms with Crippen LogP contribution < -0.4 is 5.32 Å². The highest BCUT2D eigenvalue weighted by Crippen LogP contribution is 2.28. The van der Waals surface area contributed by atoms with Crippen molar-refractivity contribution in [2.45, 2.75) is 39.7 Å². The number of benzene rings is 1. The fourth-order valence-electron chi connectivity index (χ4n) is 3.33. The van der Waals surface area contributed by atoms with Crippen molar-refractivity contribution in [1.29, 1.82) is 0 Å². The van der Waals surface area contributed by atoms with Crippen LogP contribution in [0.3, 0.4) is 0 Å². The first-order chi connectivity index (χ1) is 11.5. The third-order valence-corrected chi connectivity index (χ3v) is 5.60. The molecule has 3 rings (SSSR count). The van der Waals surface area contributed by atoms with E-state index in [2.05, 4.69) is 40.0 Å². The summed E-state index contributed by atoms with van der Waals surface area (Å²) >= 11 is 3.46. The number of nitrogens with one attached hydrogen (secondary N) is 1. The molecule has 0 aliphatic carbocycles. The van der Waals surface area contributed by atoms with Gasteiger partial charge in [-0.05, 0) is 63.9 Å². The number of hydrogen-bond donors (Lipinski definition) is 1. The lowest BCUT2D eigenvalue weighted by Gasteiger charge is -2.34. The Morgan fingerprint density at radius 3 is 2.83 bits per heavy atom. The molecule has 130 valence electrons. The first-order valence-corrected chi connectivity index (χ1v) is 9.46. The van der Waals surface area contributed by atoms with E-state index in [-0.39, 0.29) is 5.91 Å². The Balaban J connectivity index is 1.64. The summed E-state index contributed by atoms with van der Waals surface area (Å²) in [5.74, 6) is 1.11. The molecule has 1 saturated heterocycles. The molecule has 1 aromatic carbocycles. The zero-order valence-corrected chi connectivity index (χ0v) is 16.1. The van der Waals surface area contributed by atoms with Crippen molar-refractivity contribution in [2.24, 2.45) is 5.92 Å². The van der Waals surface area contributed by atoms with Crippen LogP contribution in [0.25, 0.3) is 11.0 Å². The Morgan fingerprint density at radius 2 is 2.12 bits per heavy atom. The zero-order valence-electron chi connectivity index (χ0n) is 14.6. The molecule has 24 heavy (non-hydrogen) atoms. The van der Waals surface area contributed by atoms with Crippen LogP contribution in [0.4, 0.5) is 0 Å². The third-order valence-electron chi connectivity index (χ3n) is 5.10. The van der Waals surface area contributed by atoms with E-state index >= 15 is 0 Å². The molecule has 1 aliphatic heterocycles. The van der Waals surface area contributed by atoms with Crippen molar-refractivity contribution in [1.82, 2.24) is 10.2 Å². The molecule has 1 aromatic heterocycles. The predicted octanol–water partition coefficient (Wildman–Crippen LogP) is 4.35. The average molecular weight is 393 g/mol. The number of fused-ring (bicyclic) bond motifs is 1. The second-order valence-corrected chi connectivity index (χ2v) is 7.89. The molecule has 2 heterocycles. The van der Waals surface area contributed by atoms with Gasteiger partial charge in [0.15, 0.2) is 5.76 Å². The van der Waals surface area contributed by atoms with Gasteiger partial charge in [-0.15, -0.1) is 0 Å². The van der Waals surface area contributed by atoms with Crippen LogP contribution >= 0.6 is 15.9 Å². The van der Waals surface area contributed by atoms with E-state index in [1.165, 1.54) is 12.8 Å². The van der Waals surface area contributed by atoms with E-state index < -0.39 is 0 Å². The lowest BCUT2D eigenvalue weighted by molar-refractivity contribution is 0.0896. The number of hydrogen-bond acceptors (Lipinski definition) is 3. The maximum absolute atomic E-state index is 12.5. The number of likely N-dealkylation sites (tertiary alicyclic amines) is 1. The molecule has 2 aromatic rings. The average Bonchev–Trinajstić information content (AvgIpc) is 2.89. The highest BCUT2D eigenvalue weighted by Gasteiger charge is 2.22. The second kappa shape index (κ2) is 7.28. The summed E-state index contributed by atoms with van der Waals surface area (Å²) in [4.78, 5) is 15.0. The number of amides is 1. The first-order valence-electron chi connectivity index (χ1n) is 8.66. The van der Waals surface area contributed by atoms with Gasteiger partial charge in [-0.2, -0.15) is 0 Å². The van der Waals surface area contributed by atoms with E-state index in [1.54, 1.807) is 0 Å².